The lowest BCUT2D eigenvalue weighted by molar-refractivity contribution is -0.136. The van der Waals surface area contributed by atoms with Crippen LogP contribution in [0, 0.1) is 0 Å². The van der Waals surface area contributed by atoms with Gasteiger partial charge in [-0.05, 0) is 43.9 Å². The van der Waals surface area contributed by atoms with Crippen molar-refractivity contribution in [3.63, 3.8) is 0 Å². The average Bonchev–Trinajstić information content (AvgIpc) is 2.75. The van der Waals surface area contributed by atoms with Gasteiger partial charge in [0.1, 0.15) is 5.82 Å². The second kappa shape index (κ2) is 10.2. The van der Waals surface area contributed by atoms with Gasteiger partial charge in [-0.15, -0.1) is 0 Å². The number of nitrogens with one attached hydrogen (secondary N) is 1. The molecule has 0 spiro atoms. The van der Waals surface area contributed by atoms with Crippen molar-refractivity contribution < 1.29 is 14.6 Å². The second-order valence-corrected chi connectivity index (χ2v) is 7.24. The lowest BCUT2D eigenvalue weighted by Gasteiger charge is -2.36. The van der Waals surface area contributed by atoms with E-state index < -0.39 is 5.97 Å². The quantitative estimate of drug-likeness (QED) is 0.664. The number of anilines is 3. The lowest BCUT2D eigenvalue weighted by atomic mass is 10.0. The van der Waals surface area contributed by atoms with Crippen LogP contribution in [0.2, 0.25) is 0 Å². The van der Waals surface area contributed by atoms with E-state index in [-0.39, 0.29) is 6.42 Å². The number of rotatable bonds is 9. The fraction of sp³-hybridized carbons (Fsp3) is 0.500. The molecule has 3 rings (SSSR count). The molecule has 0 radical (unpaired) electrons. The molecule has 1 fully saturated rings. The number of nitrogens with zero attached hydrogens (tertiary/aromatic N) is 3. The largest absolute Gasteiger partial charge is 0.481 e. The van der Waals surface area contributed by atoms with E-state index in [1.165, 1.54) is 0 Å². The van der Waals surface area contributed by atoms with Crippen molar-refractivity contribution in [2.45, 2.75) is 52.0 Å². The summed E-state index contributed by atoms with van der Waals surface area (Å²) in [6.07, 6.45) is 7.01. The molecule has 0 saturated carbocycles. The van der Waals surface area contributed by atoms with Gasteiger partial charge in [0.25, 0.3) is 0 Å². The van der Waals surface area contributed by atoms with Crippen LogP contribution in [0.3, 0.4) is 0 Å². The highest BCUT2D eigenvalue weighted by atomic mass is 16.5. The van der Waals surface area contributed by atoms with Gasteiger partial charge >= 0.3 is 5.97 Å². The van der Waals surface area contributed by atoms with E-state index in [0.717, 1.165) is 67.5 Å². The third-order valence-electron chi connectivity index (χ3n) is 5.27. The van der Waals surface area contributed by atoms with Gasteiger partial charge in [-0.2, -0.15) is 0 Å². The molecule has 1 saturated heterocycles. The third kappa shape index (κ3) is 5.67. The van der Waals surface area contributed by atoms with Crippen LogP contribution in [0.15, 0.2) is 30.6 Å². The number of ether oxygens (including phenoxy) is 1. The summed E-state index contributed by atoms with van der Waals surface area (Å²) in [5, 5.41) is 12.5. The molecule has 0 atom stereocenters. The molecule has 156 valence electrons. The van der Waals surface area contributed by atoms with Gasteiger partial charge < -0.3 is 20.1 Å². The Bertz CT molecular complexity index is 804. The molecule has 2 aromatic rings. The summed E-state index contributed by atoms with van der Waals surface area (Å²) < 4.78 is 5.54. The number of aromatic nitrogens is 2. The number of carbonyl (C=O) groups is 1. The van der Waals surface area contributed by atoms with Crippen LogP contribution in [0.25, 0.3) is 0 Å². The Morgan fingerprint density at radius 2 is 1.97 bits per heavy atom. The van der Waals surface area contributed by atoms with Crippen molar-refractivity contribution in [2.75, 3.05) is 30.0 Å². The van der Waals surface area contributed by atoms with Crippen LogP contribution >= 0.6 is 0 Å². The molecule has 1 aliphatic heterocycles. The molecular formula is C22H30N4O3. The summed E-state index contributed by atoms with van der Waals surface area (Å²) in [7, 11) is 0. The summed E-state index contributed by atoms with van der Waals surface area (Å²) in [6.45, 7) is 6.65. The fourth-order valence-corrected chi connectivity index (χ4v) is 3.72. The molecule has 0 amide bonds. The molecular weight excluding hydrogens is 368 g/mol. The van der Waals surface area contributed by atoms with Crippen molar-refractivity contribution in [3.05, 3.63) is 42.0 Å². The van der Waals surface area contributed by atoms with E-state index in [2.05, 4.69) is 33.2 Å². The van der Waals surface area contributed by atoms with Gasteiger partial charge in [0, 0.05) is 38.6 Å². The Balaban J connectivity index is 1.90. The van der Waals surface area contributed by atoms with E-state index >= 15 is 0 Å². The van der Waals surface area contributed by atoms with Crippen LogP contribution in [0.4, 0.5) is 17.1 Å². The van der Waals surface area contributed by atoms with Crippen LogP contribution in [0.1, 0.15) is 44.5 Å². The molecule has 0 aliphatic carbocycles. The predicted octanol–water partition coefficient (Wildman–Crippen LogP) is 3.81. The highest BCUT2D eigenvalue weighted by Crippen LogP contribution is 2.33. The van der Waals surface area contributed by atoms with Gasteiger partial charge in [0.15, 0.2) is 0 Å². The van der Waals surface area contributed by atoms with E-state index in [0.29, 0.717) is 12.5 Å². The highest BCUT2D eigenvalue weighted by Gasteiger charge is 2.23. The summed E-state index contributed by atoms with van der Waals surface area (Å²) in [5.74, 6) is 0.0212. The molecule has 2 heterocycles. The van der Waals surface area contributed by atoms with Gasteiger partial charge in [-0.25, -0.2) is 9.97 Å². The summed E-state index contributed by atoms with van der Waals surface area (Å²) in [5.41, 5.74) is 3.88. The minimum atomic E-state index is -0.787. The van der Waals surface area contributed by atoms with E-state index in [4.69, 9.17) is 9.84 Å². The first-order valence-corrected chi connectivity index (χ1v) is 10.4. The van der Waals surface area contributed by atoms with Crippen molar-refractivity contribution in [1.29, 1.82) is 0 Å². The zero-order valence-electron chi connectivity index (χ0n) is 17.2. The first-order valence-electron chi connectivity index (χ1n) is 10.4. The number of aryl methyl sites for hydroxylation is 2. The number of carboxylic acid groups (broad SMARTS) is 1. The first-order chi connectivity index (χ1) is 14.1. The van der Waals surface area contributed by atoms with E-state index in [1.54, 1.807) is 12.4 Å². The molecule has 0 unspecified atom stereocenters. The normalized spacial score (nSPS) is 14.6. The SMILES string of the molecule is CCc1ncc(Nc2cc(CCC(=O)O)ccc2N(CC)C2CCOCC2)cn1. The second-order valence-electron chi connectivity index (χ2n) is 7.24. The summed E-state index contributed by atoms with van der Waals surface area (Å²) in [4.78, 5) is 22.2. The molecule has 1 aliphatic rings. The van der Waals surface area contributed by atoms with Crippen molar-refractivity contribution in [1.82, 2.24) is 9.97 Å². The predicted molar refractivity (Wildman–Crippen MR) is 114 cm³/mol. The first kappa shape index (κ1) is 21.0. The third-order valence-corrected chi connectivity index (χ3v) is 5.27. The van der Waals surface area contributed by atoms with Crippen LogP contribution in [-0.2, 0) is 22.4 Å². The zero-order chi connectivity index (χ0) is 20.6. The van der Waals surface area contributed by atoms with E-state index in [9.17, 15) is 4.79 Å². The maximum Gasteiger partial charge on any atom is 0.303 e. The number of hydrogen-bond donors (Lipinski definition) is 2. The minimum Gasteiger partial charge on any atom is -0.481 e. The average molecular weight is 399 g/mol. The fourth-order valence-electron chi connectivity index (χ4n) is 3.72. The number of aliphatic carboxylic acids is 1. The molecule has 1 aromatic heterocycles. The Labute approximate surface area is 172 Å². The number of benzene rings is 1. The minimum absolute atomic E-state index is 0.116. The topological polar surface area (TPSA) is 87.6 Å². The van der Waals surface area contributed by atoms with Crippen molar-refractivity contribution in [3.8, 4) is 0 Å². The molecule has 2 N–H and O–H groups in total. The highest BCUT2D eigenvalue weighted by molar-refractivity contribution is 5.76. The maximum absolute atomic E-state index is 11.0. The maximum atomic E-state index is 11.0. The van der Waals surface area contributed by atoms with Gasteiger partial charge in [-0.3, -0.25) is 4.79 Å². The van der Waals surface area contributed by atoms with Gasteiger partial charge in [0.05, 0.1) is 29.5 Å². The van der Waals surface area contributed by atoms with Crippen molar-refractivity contribution >= 4 is 23.0 Å². The van der Waals surface area contributed by atoms with Gasteiger partial charge in [0.2, 0.25) is 0 Å². The molecule has 7 heteroatoms. The van der Waals surface area contributed by atoms with Crippen LogP contribution in [-0.4, -0.2) is 46.8 Å². The monoisotopic (exact) mass is 398 g/mol. The molecule has 7 nitrogen and oxygen atoms in total. The zero-order valence-corrected chi connectivity index (χ0v) is 17.2. The summed E-state index contributed by atoms with van der Waals surface area (Å²) in [6, 6.07) is 6.61. The Morgan fingerprint density at radius 1 is 1.24 bits per heavy atom. The number of hydrogen-bond acceptors (Lipinski definition) is 6. The Kier molecular flexibility index (Phi) is 7.41. The molecule has 1 aromatic carbocycles. The van der Waals surface area contributed by atoms with Gasteiger partial charge in [-0.1, -0.05) is 13.0 Å². The molecule has 0 bridgehead atoms. The molecule has 29 heavy (non-hydrogen) atoms. The van der Waals surface area contributed by atoms with E-state index in [1.807, 2.05) is 19.1 Å². The summed E-state index contributed by atoms with van der Waals surface area (Å²) >= 11 is 0. The van der Waals surface area contributed by atoms with Crippen LogP contribution in [0.5, 0.6) is 0 Å². The smallest absolute Gasteiger partial charge is 0.303 e. The lowest BCUT2D eigenvalue weighted by Crippen LogP contribution is -2.39. The number of carboxylic acids is 1. The van der Waals surface area contributed by atoms with Crippen molar-refractivity contribution in [2.24, 2.45) is 0 Å². The van der Waals surface area contributed by atoms with Crippen LogP contribution < -0.4 is 10.2 Å². The Morgan fingerprint density at radius 3 is 2.59 bits per heavy atom. The standard InChI is InChI=1S/C22H30N4O3/c1-3-21-23-14-17(15-24-21)25-19-13-16(6-8-22(27)28)5-7-20(19)26(4-2)18-9-11-29-12-10-18/h5,7,13-15,18,25H,3-4,6,8-12H2,1-2H3,(H,27,28). The Hall–Kier alpha value is -2.67.